The maximum Gasteiger partial charge on any atom is -0.00813 e. The van der Waals surface area contributed by atoms with Crippen LogP contribution in [0.1, 0.15) is 33.1 Å². The predicted molar refractivity (Wildman–Crippen MR) is 55.1 cm³/mol. The molecule has 66 valence electrons. The number of allylic oxidation sites excluding steroid dienone is 5. The summed E-state index contributed by atoms with van der Waals surface area (Å²) in [4.78, 5) is 0. The van der Waals surface area contributed by atoms with Gasteiger partial charge in [0.05, 0.1) is 0 Å². The number of hydrogen-bond acceptors (Lipinski definition) is 0. The third-order valence-electron chi connectivity index (χ3n) is 2.52. The molecule has 0 heterocycles. The molecule has 0 N–H and O–H groups in total. The predicted octanol–water partition coefficient (Wildman–Crippen LogP) is 3.87. The monoisotopic (exact) mass is 162 g/mol. The first-order valence-electron chi connectivity index (χ1n) is 4.73. The van der Waals surface area contributed by atoms with E-state index in [1.807, 2.05) is 6.08 Å². The van der Waals surface area contributed by atoms with E-state index in [9.17, 15) is 0 Å². The van der Waals surface area contributed by atoms with Gasteiger partial charge in [0.15, 0.2) is 0 Å². The van der Waals surface area contributed by atoms with E-state index < -0.39 is 0 Å². The highest BCUT2D eigenvalue weighted by Gasteiger charge is 2.06. The van der Waals surface area contributed by atoms with Crippen molar-refractivity contribution >= 4 is 0 Å². The lowest BCUT2D eigenvalue weighted by Crippen LogP contribution is -1.81. The fraction of sp³-hybridized carbons (Fsp3) is 0.500. The Balaban J connectivity index is 2.55. The molecule has 0 aromatic carbocycles. The molecular weight excluding hydrogens is 144 g/mol. The van der Waals surface area contributed by atoms with Crippen LogP contribution in [0.4, 0.5) is 0 Å². The lowest BCUT2D eigenvalue weighted by atomic mass is 10.1. The normalized spacial score (nSPS) is 20.5. The largest absolute Gasteiger partial charge is 0.102 e. The van der Waals surface area contributed by atoms with Gasteiger partial charge in [0.2, 0.25) is 0 Å². The van der Waals surface area contributed by atoms with E-state index in [2.05, 4.69) is 32.6 Å². The second-order valence-corrected chi connectivity index (χ2v) is 3.61. The highest BCUT2D eigenvalue weighted by molar-refractivity contribution is 5.28. The summed E-state index contributed by atoms with van der Waals surface area (Å²) in [6, 6.07) is 0. The standard InChI is InChI=1S/C12H18/c1-4-10(2)8-9-12-7-5-6-11(12)3/h4,8-10H,1,5-7H2,2-3H3. The SMILES string of the molecule is C=CC(C)C=CC1=C(C)CCC1. The number of rotatable bonds is 3. The van der Waals surface area contributed by atoms with Gasteiger partial charge in [-0.3, -0.25) is 0 Å². The van der Waals surface area contributed by atoms with Gasteiger partial charge in [-0.05, 0) is 37.7 Å². The second kappa shape index (κ2) is 4.30. The van der Waals surface area contributed by atoms with Crippen LogP contribution in [0.2, 0.25) is 0 Å². The van der Waals surface area contributed by atoms with Crippen LogP contribution in [0.25, 0.3) is 0 Å². The summed E-state index contributed by atoms with van der Waals surface area (Å²) in [5, 5.41) is 0. The summed E-state index contributed by atoms with van der Waals surface area (Å²) in [5.74, 6) is 0.505. The van der Waals surface area contributed by atoms with Crippen LogP contribution in [0, 0.1) is 5.92 Å². The molecule has 0 heteroatoms. The summed E-state index contributed by atoms with van der Waals surface area (Å²) in [7, 11) is 0. The third-order valence-corrected chi connectivity index (χ3v) is 2.52. The molecule has 0 aromatic rings. The zero-order chi connectivity index (χ0) is 8.97. The van der Waals surface area contributed by atoms with Crippen LogP contribution in [0.15, 0.2) is 36.0 Å². The van der Waals surface area contributed by atoms with Crippen molar-refractivity contribution in [1.82, 2.24) is 0 Å². The van der Waals surface area contributed by atoms with Crippen molar-refractivity contribution in [3.63, 3.8) is 0 Å². The van der Waals surface area contributed by atoms with Crippen molar-refractivity contribution in [2.24, 2.45) is 5.92 Å². The summed E-state index contributed by atoms with van der Waals surface area (Å²) in [6.45, 7) is 8.16. The van der Waals surface area contributed by atoms with Gasteiger partial charge in [0, 0.05) is 0 Å². The molecule has 1 aliphatic rings. The summed E-state index contributed by atoms with van der Waals surface area (Å²) in [5.41, 5.74) is 3.12. The molecule has 1 aliphatic carbocycles. The van der Waals surface area contributed by atoms with Crippen molar-refractivity contribution in [3.05, 3.63) is 36.0 Å². The lowest BCUT2D eigenvalue weighted by Gasteiger charge is -1.98. The minimum atomic E-state index is 0.505. The summed E-state index contributed by atoms with van der Waals surface area (Å²) in [6.07, 6.45) is 10.4. The van der Waals surface area contributed by atoms with Gasteiger partial charge in [0.1, 0.15) is 0 Å². The third kappa shape index (κ3) is 2.37. The smallest absolute Gasteiger partial charge is 0.00813 e. The highest BCUT2D eigenvalue weighted by atomic mass is 14.1. The molecule has 1 atom stereocenters. The molecule has 0 aromatic heterocycles. The Morgan fingerprint density at radius 1 is 1.42 bits per heavy atom. The molecule has 0 bridgehead atoms. The Hall–Kier alpha value is -0.780. The van der Waals surface area contributed by atoms with Crippen LogP contribution in [-0.4, -0.2) is 0 Å². The van der Waals surface area contributed by atoms with Gasteiger partial charge >= 0.3 is 0 Å². The molecule has 0 saturated heterocycles. The van der Waals surface area contributed by atoms with Crippen molar-refractivity contribution < 1.29 is 0 Å². The van der Waals surface area contributed by atoms with Crippen molar-refractivity contribution in [1.29, 1.82) is 0 Å². The van der Waals surface area contributed by atoms with Crippen LogP contribution < -0.4 is 0 Å². The van der Waals surface area contributed by atoms with E-state index in [0.717, 1.165) is 0 Å². The van der Waals surface area contributed by atoms with E-state index in [-0.39, 0.29) is 0 Å². The Morgan fingerprint density at radius 3 is 2.67 bits per heavy atom. The van der Waals surface area contributed by atoms with E-state index in [0.29, 0.717) is 5.92 Å². The van der Waals surface area contributed by atoms with Gasteiger partial charge in [-0.2, -0.15) is 0 Å². The molecule has 0 radical (unpaired) electrons. The minimum absolute atomic E-state index is 0.505. The molecule has 0 fully saturated rings. The average molecular weight is 162 g/mol. The zero-order valence-corrected chi connectivity index (χ0v) is 8.14. The second-order valence-electron chi connectivity index (χ2n) is 3.61. The van der Waals surface area contributed by atoms with Gasteiger partial charge in [-0.15, -0.1) is 6.58 Å². The molecular formula is C12H18. The van der Waals surface area contributed by atoms with E-state index in [1.165, 1.54) is 19.3 Å². The van der Waals surface area contributed by atoms with Crippen molar-refractivity contribution in [2.45, 2.75) is 33.1 Å². The molecule has 1 unspecified atom stereocenters. The van der Waals surface area contributed by atoms with E-state index >= 15 is 0 Å². The maximum atomic E-state index is 3.76. The van der Waals surface area contributed by atoms with Crippen molar-refractivity contribution in [3.8, 4) is 0 Å². The van der Waals surface area contributed by atoms with E-state index in [4.69, 9.17) is 0 Å². The van der Waals surface area contributed by atoms with Crippen molar-refractivity contribution in [2.75, 3.05) is 0 Å². The number of hydrogen-bond donors (Lipinski definition) is 0. The molecule has 0 aliphatic heterocycles. The molecule has 12 heavy (non-hydrogen) atoms. The highest BCUT2D eigenvalue weighted by Crippen LogP contribution is 2.26. The quantitative estimate of drug-likeness (QED) is 0.553. The van der Waals surface area contributed by atoms with Crippen LogP contribution in [0.3, 0.4) is 0 Å². The maximum absolute atomic E-state index is 3.76. The Labute approximate surface area is 75.7 Å². The van der Waals surface area contributed by atoms with Gasteiger partial charge in [0.25, 0.3) is 0 Å². The van der Waals surface area contributed by atoms with Gasteiger partial charge < -0.3 is 0 Å². The first kappa shape index (κ1) is 9.31. The topological polar surface area (TPSA) is 0 Å². The van der Waals surface area contributed by atoms with Gasteiger partial charge in [-0.1, -0.05) is 30.7 Å². The first-order chi connectivity index (χ1) is 5.74. The minimum Gasteiger partial charge on any atom is -0.102 e. The fourth-order valence-electron chi connectivity index (χ4n) is 1.49. The molecule has 1 rings (SSSR count). The molecule has 0 nitrogen and oxygen atoms in total. The Bertz CT molecular complexity index is 218. The first-order valence-corrected chi connectivity index (χ1v) is 4.73. The van der Waals surface area contributed by atoms with Crippen LogP contribution in [0.5, 0.6) is 0 Å². The lowest BCUT2D eigenvalue weighted by molar-refractivity contribution is 0.895. The zero-order valence-electron chi connectivity index (χ0n) is 8.14. The van der Waals surface area contributed by atoms with Gasteiger partial charge in [-0.25, -0.2) is 0 Å². The summed E-state index contributed by atoms with van der Waals surface area (Å²) >= 11 is 0. The van der Waals surface area contributed by atoms with Crippen LogP contribution in [-0.2, 0) is 0 Å². The fourth-order valence-corrected chi connectivity index (χ4v) is 1.49. The molecule has 0 amide bonds. The van der Waals surface area contributed by atoms with E-state index in [1.54, 1.807) is 11.1 Å². The average Bonchev–Trinajstić information content (AvgIpc) is 2.47. The molecule has 0 spiro atoms. The summed E-state index contributed by atoms with van der Waals surface area (Å²) < 4.78 is 0. The Morgan fingerprint density at radius 2 is 2.17 bits per heavy atom. The molecule has 0 saturated carbocycles. The van der Waals surface area contributed by atoms with Crippen LogP contribution >= 0.6 is 0 Å². The Kier molecular flexibility index (Phi) is 3.33.